The number of pyridine rings is 2. The van der Waals surface area contributed by atoms with E-state index < -0.39 is 0 Å². The van der Waals surface area contributed by atoms with Crippen molar-refractivity contribution >= 4 is 34.0 Å². The molecular formula is C19H16N4S2. The van der Waals surface area contributed by atoms with Crippen LogP contribution in [0, 0.1) is 0 Å². The van der Waals surface area contributed by atoms with Gasteiger partial charge in [-0.1, -0.05) is 66.4 Å². The Bertz CT molecular complexity index is 796. The Morgan fingerprint density at radius 1 is 0.880 bits per heavy atom. The first-order valence-corrected chi connectivity index (χ1v) is 9.09. The minimum absolute atomic E-state index is 0.605. The van der Waals surface area contributed by atoms with Gasteiger partial charge >= 0.3 is 0 Å². The van der Waals surface area contributed by atoms with Crippen LogP contribution in [0.2, 0.25) is 0 Å². The van der Waals surface area contributed by atoms with Gasteiger partial charge in [0.2, 0.25) is 0 Å². The van der Waals surface area contributed by atoms with E-state index in [9.17, 15) is 0 Å². The van der Waals surface area contributed by atoms with Crippen LogP contribution in [0.5, 0.6) is 0 Å². The molecular weight excluding hydrogens is 348 g/mol. The molecule has 1 N–H and O–H groups in total. The van der Waals surface area contributed by atoms with Crippen LogP contribution >= 0.6 is 24.0 Å². The molecule has 0 saturated heterocycles. The minimum atomic E-state index is 0.605. The molecule has 3 rings (SSSR count). The number of nitrogens with zero attached hydrogens (tertiary/aromatic N) is 3. The predicted molar refractivity (Wildman–Crippen MR) is 108 cm³/mol. The Balaban J connectivity index is 1.72. The molecule has 0 aliphatic heterocycles. The summed E-state index contributed by atoms with van der Waals surface area (Å²) in [6.07, 6.45) is 3.46. The number of rotatable bonds is 5. The lowest BCUT2D eigenvalue weighted by Crippen LogP contribution is -2.17. The second-order valence-corrected chi connectivity index (χ2v) is 6.72. The smallest absolute Gasteiger partial charge is 0.154 e. The lowest BCUT2D eigenvalue weighted by molar-refractivity contribution is 1.05. The van der Waals surface area contributed by atoms with Crippen LogP contribution in [0.3, 0.4) is 0 Å². The van der Waals surface area contributed by atoms with Crippen molar-refractivity contribution < 1.29 is 0 Å². The summed E-state index contributed by atoms with van der Waals surface area (Å²) in [6.45, 7) is 0. The molecule has 0 aliphatic rings. The molecule has 2 aromatic heterocycles. The van der Waals surface area contributed by atoms with Gasteiger partial charge in [-0.3, -0.25) is 15.4 Å². The van der Waals surface area contributed by atoms with Gasteiger partial charge in [0.15, 0.2) is 4.32 Å². The average Bonchev–Trinajstić information content (AvgIpc) is 2.69. The van der Waals surface area contributed by atoms with Gasteiger partial charge in [0.1, 0.15) is 5.71 Å². The molecule has 124 valence electrons. The zero-order valence-corrected chi connectivity index (χ0v) is 15.0. The Kier molecular flexibility index (Phi) is 6.25. The number of benzene rings is 1. The van der Waals surface area contributed by atoms with E-state index in [0.717, 1.165) is 17.1 Å². The summed E-state index contributed by atoms with van der Waals surface area (Å²) in [5, 5.41) is 4.46. The standard InChI is InChI=1S/C19H16N4S2/c24-19(25-14-15-8-2-1-3-9-15)23-22-18(16-10-4-6-12-20-16)17-11-5-7-13-21-17/h1-13H,14H2,(H,23,24). The maximum atomic E-state index is 5.38. The number of aromatic nitrogens is 2. The second kappa shape index (κ2) is 9.05. The van der Waals surface area contributed by atoms with Gasteiger partial charge in [-0.05, 0) is 29.8 Å². The zero-order chi connectivity index (χ0) is 17.3. The molecule has 4 nitrogen and oxygen atoms in total. The summed E-state index contributed by atoms with van der Waals surface area (Å²) in [5.41, 5.74) is 6.31. The molecule has 0 fully saturated rings. The van der Waals surface area contributed by atoms with Crippen LogP contribution in [0.4, 0.5) is 0 Å². The van der Waals surface area contributed by atoms with Crippen LogP contribution in [-0.4, -0.2) is 20.0 Å². The fourth-order valence-electron chi connectivity index (χ4n) is 2.11. The van der Waals surface area contributed by atoms with Crippen LogP contribution < -0.4 is 5.43 Å². The summed E-state index contributed by atoms with van der Waals surface area (Å²) in [7, 11) is 0. The number of hydrazone groups is 1. The van der Waals surface area contributed by atoms with Crippen LogP contribution in [-0.2, 0) is 5.75 Å². The van der Waals surface area contributed by atoms with Gasteiger partial charge in [-0.25, -0.2) is 0 Å². The molecule has 3 aromatic rings. The van der Waals surface area contributed by atoms with Crippen LogP contribution in [0.15, 0.2) is 84.2 Å². The van der Waals surface area contributed by atoms with E-state index in [2.05, 4.69) is 32.6 Å². The topological polar surface area (TPSA) is 50.2 Å². The van der Waals surface area contributed by atoms with Crippen molar-refractivity contribution in [3.05, 3.63) is 96.1 Å². The monoisotopic (exact) mass is 364 g/mol. The molecule has 0 saturated carbocycles. The van der Waals surface area contributed by atoms with Gasteiger partial charge in [0.05, 0.1) is 11.4 Å². The highest BCUT2D eigenvalue weighted by molar-refractivity contribution is 8.22. The highest BCUT2D eigenvalue weighted by Crippen LogP contribution is 2.13. The Labute approximate surface area is 156 Å². The molecule has 2 heterocycles. The maximum absolute atomic E-state index is 5.38. The van der Waals surface area contributed by atoms with Crippen molar-refractivity contribution in [3.8, 4) is 0 Å². The van der Waals surface area contributed by atoms with Crippen molar-refractivity contribution in [2.24, 2.45) is 5.10 Å². The van der Waals surface area contributed by atoms with E-state index in [1.807, 2.05) is 54.6 Å². The van der Waals surface area contributed by atoms with E-state index in [4.69, 9.17) is 12.2 Å². The molecule has 25 heavy (non-hydrogen) atoms. The molecule has 0 aliphatic carbocycles. The van der Waals surface area contributed by atoms with E-state index in [1.54, 1.807) is 12.4 Å². The van der Waals surface area contributed by atoms with E-state index in [0.29, 0.717) is 10.0 Å². The van der Waals surface area contributed by atoms with Crippen molar-refractivity contribution in [1.29, 1.82) is 0 Å². The lowest BCUT2D eigenvalue weighted by Gasteiger charge is -2.07. The van der Waals surface area contributed by atoms with Crippen LogP contribution in [0.1, 0.15) is 17.0 Å². The first kappa shape index (κ1) is 17.3. The quantitative estimate of drug-likeness (QED) is 0.421. The SMILES string of the molecule is S=C(NN=C(c1ccccn1)c1ccccn1)SCc1ccccc1. The van der Waals surface area contributed by atoms with E-state index >= 15 is 0 Å². The highest BCUT2D eigenvalue weighted by atomic mass is 32.2. The average molecular weight is 364 g/mol. The van der Waals surface area contributed by atoms with Gasteiger partial charge in [-0.2, -0.15) is 5.10 Å². The van der Waals surface area contributed by atoms with Crippen molar-refractivity contribution in [3.63, 3.8) is 0 Å². The predicted octanol–water partition coefficient (Wildman–Crippen LogP) is 4.04. The molecule has 1 aromatic carbocycles. The van der Waals surface area contributed by atoms with Crippen molar-refractivity contribution in [1.82, 2.24) is 15.4 Å². The Morgan fingerprint density at radius 3 is 2.04 bits per heavy atom. The van der Waals surface area contributed by atoms with Crippen molar-refractivity contribution in [2.45, 2.75) is 5.75 Å². The van der Waals surface area contributed by atoms with Crippen LogP contribution in [0.25, 0.3) is 0 Å². The molecule has 6 heteroatoms. The Morgan fingerprint density at radius 2 is 1.48 bits per heavy atom. The number of thiocarbonyl (C=S) groups is 1. The number of nitrogens with one attached hydrogen (secondary N) is 1. The third kappa shape index (κ3) is 5.20. The first-order chi connectivity index (χ1) is 12.3. The molecule has 0 unspecified atom stereocenters. The third-order valence-corrected chi connectivity index (χ3v) is 4.56. The maximum Gasteiger partial charge on any atom is 0.154 e. The molecule has 0 bridgehead atoms. The Hall–Kier alpha value is -2.57. The number of hydrogen-bond acceptors (Lipinski definition) is 5. The fourth-order valence-corrected chi connectivity index (χ4v) is 2.93. The fraction of sp³-hybridized carbons (Fsp3) is 0.0526. The van der Waals surface area contributed by atoms with E-state index in [-0.39, 0.29) is 0 Å². The van der Waals surface area contributed by atoms with Gasteiger partial charge in [0.25, 0.3) is 0 Å². The second-order valence-electron chi connectivity index (χ2n) is 5.06. The normalized spacial score (nSPS) is 10.1. The minimum Gasteiger partial charge on any atom is -0.262 e. The largest absolute Gasteiger partial charge is 0.262 e. The molecule has 0 radical (unpaired) electrons. The summed E-state index contributed by atoms with van der Waals surface area (Å²) in [4.78, 5) is 8.73. The van der Waals surface area contributed by atoms with Gasteiger partial charge < -0.3 is 0 Å². The summed E-state index contributed by atoms with van der Waals surface area (Å²) >= 11 is 6.91. The first-order valence-electron chi connectivity index (χ1n) is 7.70. The molecule has 0 amide bonds. The summed E-state index contributed by atoms with van der Waals surface area (Å²) < 4.78 is 0.605. The van der Waals surface area contributed by atoms with Gasteiger partial charge in [-0.15, -0.1) is 0 Å². The highest BCUT2D eigenvalue weighted by Gasteiger charge is 2.10. The summed E-state index contributed by atoms with van der Waals surface area (Å²) in [5.74, 6) is 0.796. The third-order valence-electron chi connectivity index (χ3n) is 3.29. The molecule has 0 spiro atoms. The number of thioether (sulfide) groups is 1. The van der Waals surface area contributed by atoms with Crippen molar-refractivity contribution in [2.75, 3.05) is 0 Å². The number of hydrogen-bond donors (Lipinski definition) is 1. The lowest BCUT2D eigenvalue weighted by atomic mass is 10.1. The molecule has 0 atom stereocenters. The van der Waals surface area contributed by atoms with E-state index in [1.165, 1.54) is 17.3 Å². The van der Waals surface area contributed by atoms with Gasteiger partial charge in [0, 0.05) is 18.1 Å². The zero-order valence-electron chi connectivity index (χ0n) is 13.4. The summed E-state index contributed by atoms with van der Waals surface area (Å²) in [6, 6.07) is 21.6.